The molecule has 32 heavy (non-hydrogen) atoms. The summed E-state index contributed by atoms with van der Waals surface area (Å²) < 4.78 is 27.2. The number of aryl methyl sites for hydroxylation is 2. The first-order valence-electron chi connectivity index (χ1n) is 11.6. The molecule has 0 aromatic heterocycles. The summed E-state index contributed by atoms with van der Waals surface area (Å²) in [7, 11) is 0. The fraction of sp³-hybridized carbons (Fsp3) is 0.462. The van der Waals surface area contributed by atoms with Crippen LogP contribution in [0.4, 0.5) is 20.2 Å². The Hall–Kier alpha value is -2.76. The molecule has 2 aliphatic heterocycles. The molecule has 0 aliphatic carbocycles. The summed E-state index contributed by atoms with van der Waals surface area (Å²) in [6.45, 7) is 4.04. The highest BCUT2D eigenvalue weighted by atomic mass is 19.1. The number of amides is 2. The van der Waals surface area contributed by atoms with Crippen LogP contribution in [0.25, 0.3) is 0 Å². The van der Waals surface area contributed by atoms with Gasteiger partial charge in [-0.2, -0.15) is 0 Å². The van der Waals surface area contributed by atoms with Gasteiger partial charge in [-0.15, -0.1) is 0 Å². The van der Waals surface area contributed by atoms with Gasteiger partial charge in [-0.25, -0.2) is 8.78 Å². The van der Waals surface area contributed by atoms with E-state index in [1.165, 1.54) is 24.3 Å². The highest BCUT2D eigenvalue weighted by Crippen LogP contribution is 2.33. The average molecular weight is 441 g/mol. The number of fused-ring (bicyclic) bond motifs is 2. The van der Waals surface area contributed by atoms with Crippen LogP contribution in [0.2, 0.25) is 0 Å². The number of benzene rings is 2. The lowest BCUT2D eigenvalue weighted by Crippen LogP contribution is -2.42. The van der Waals surface area contributed by atoms with Crippen LogP contribution in [0.3, 0.4) is 0 Å². The molecule has 2 heterocycles. The lowest BCUT2D eigenvalue weighted by atomic mass is 9.95. The maximum absolute atomic E-state index is 13.6. The predicted octanol–water partition coefficient (Wildman–Crippen LogP) is 5.56. The number of nitrogens with zero attached hydrogens (tertiary/aromatic N) is 2. The topological polar surface area (TPSA) is 40.6 Å². The van der Waals surface area contributed by atoms with Crippen molar-refractivity contribution in [1.29, 1.82) is 0 Å². The maximum atomic E-state index is 13.6. The third-order valence-electron chi connectivity index (χ3n) is 6.72. The van der Waals surface area contributed by atoms with Gasteiger partial charge in [-0.1, -0.05) is 0 Å². The molecule has 4 rings (SSSR count). The Bertz CT molecular complexity index is 941. The Balaban J connectivity index is 1.34. The van der Waals surface area contributed by atoms with E-state index in [0.29, 0.717) is 25.7 Å². The van der Waals surface area contributed by atoms with Gasteiger partial charge in [0.2, 0.25) is 11.8 Å². The molecule has 0 N–H and O–H groups in total. The van der Waals surface area contributed by atoms with Gasteiger partial charge in [0.15, 0.2) is 0 Å². The summed E-state index contributed by atoms with van der Waals surface area (Å²) >= 11 is 0. The molecule has 6 heteroatoms. The molecule has 2 aliphatic rings. The quantitative estimate of drug-likeness (QED) is 0.571. The van der Waals surface area contributed by atoms with Crippen molar-refractivity contribution in [3.63, 3.8) is 0 Å². The van der Waals surface area contributed by atoms with Crippen molar-refractivity contribution >= 4 is 23.2 Å². The number of unbranched alkanes of at least 4 members (excludes halogenated alkanes) is 1. The third kappa shape index (κ3) is 4.54. The van der Waals surface area contributed by atoms with Crippen molar-refractivity contribution < 1.29 is 18.4 Å². The van der Waals surface area contributed by atoms with Crippen molar-refractivity contribution in [2.24, 2.45) is 0 Å². The second-order valence-electron chi connectivity index (χ2n) is 9.06. The van der Waals surface area contributed by atoms with E-state index in [2.05, 4.69) is 0 Å². The minimum Gasteiger partial charge on any atom is -0.309 e. The molecule has 170 valence electrons. The zero-order chi connectivity index (χ0) is 22.8. The molecule has 0 saturated carbocycles. The van der Waals surface area contributed by atoms with Crippen LogP contribution >= 0.6 is 0 Å². The van der Waals surface area contributed by atoms with Crippen molar-refractivity contribution in [2.75, 3.05) is 9.80 Å². The van der Waals surface area contributed by atoms with Crippen LogP contribution in [-0.2, 0) is 22.4 Å². The molecule has 2 amide bonds. The molecule has 4 nitrogen and oxygen atoms in total. The number of carbonyl (C=O) groups excluding carboxylic acids is 2. The maximum Gasteiger partial charge on any atom is 0.227 e. The molecule has 2 unspecified atom stereocenters. The average Bonchev–Trinajstić information content (AvgIpc) is 2.76. The van der Waals surface area contributed by atoms with Gasteiger partial charge >= 0.3 is 0 Å². The van der Waals surface area contributed by atoms with Crippen molar-refractivity contribution in [1.82, 2.24) is 0 Å². The van der Waals surface area contributed by atoms with Crippen LogP contribution in [0.15, 0.2) is 36.4 Å². The monoisotopic (exact) mass is 440 g/mol. The summed E-state index contributed by atoms with van der Waals surface area (Å²) in [5, 5.41) is 0. The minimum atomic E-state index is -0.277. The van der Waals surface area contributed by atoms with E-state index in [1.807, 2.05) is 13.8 Å². The fourth-order valence-corrected chi connectivity index (χ4v) is 4.99. The van der Waals surface area contributed by atoms with Crippen LogP contribution < -0.4 is 9.80 Å². The number of rotatable bonds is 5. The molecule has 0 spiro atoms. The Kier molecular flexibility index (Phi) is 6.58. The summed E-state index contributed by atoms with van der Waals surface area (Å²) in [6, 6.07) is 9.38. The zero-order valence-electron chi connectivity index (χ0n) is 18.7. The van der Waals surface area contributed by atoms with Gasteiger partial charge in [-0.05, 0) is 99.9 Å². The Morgan fingerprint density at radius 2 is 1.19 bits per heavy atom. The highest BCUT2D eigenvalue weighted by molar-refractivity contribution is 5.96. The Labute approximate surface area is 188 Å². The van der Waals surface area contributed by atoms with Gasteiger partial charge in [0.1, 0.15) is 11.6 Å². The van der Waals surface area contributed by atoms with Crippen LogP contribution in [0.5, 0.6) is 0 Å². The van der Waals surface area contributed by atoms with E-state index in [9.17, 15) is 18.4 Å². The first-order chi connectivity index (χ1) is 15.3. The summed E-state index contributed by atoms with van der Waals surface area (Å²) in [6.07, 6.45) is 5.10. The standard InChI is InChI=1S/C26H30F2N2O2/c1-17-7-9-19-15-21(27)11-13-23(19)29(17)25(31)5-3-4-6-26(32)30-18(2)8-10-20-16-22(28)12-14-24(20)30/h11-18H,3-10H2,1-2H3. The number of halogens is 2. The van der Waals surface area contributed by atoms with E-state index in [1.54, 1.807) is 21.9 Å². The molecule has 0 bridgehead atoms. The van der Waals surface area contributed by atoms with Crippen molar-refractivity contribution in [2.45, 2.75) is 77.3 Å². The molecule has 2 atom stereocenters. The summed E-state index contributed by atoms with van der Waals surface area (Å²) in [5.41, 5.74) is 3.36. The first-order valence-corrected chi connectivity index (χ1v) is 11.6. The van der Waals surface area contributed by atoms with E-state index < -0.39 is 0 Å². The second kappa shape index (κ2) is 9.39. The normalized spacial score (nSPS) is 20.0. The molecule has 0 saturated heterocycles. The summed E-state index contributed by atoms with van der Waals surface area (Å²) in [5.74, 6) is -0.518. The molecular formula is C26H30F2N2O2. The van der Waals surface area contributed by atoms with Crippen LogP contribution in [-0.4, -0.2) is 23.9 Å². The Morgan fingerprint density at radius 3 is 1.59 bits per heavy atom. The van der Waals surface area contributed by atoms with Crippen LogP contribution in [0.1, 0.15) is 63.5 Å². The number of hydrogen-bond acceptors (Lipinski definition) is 2. The zero-order valence-corrected chi connectivity index (χ0v) is 18.7. The van der Waals surface area contributed by atoms with Gasteiger partial charge in [0.25, 0.3) is 0 Å². The van der Waals surface area contributed by atoms with E-state index in [-0.39, 0.29) is 35.5 Å². The number of carbonyl (C=O) groups is 2. The van der Waals surface area contributed by atoms with Crippen LogP contribution in [0, 0.1) is 11.6 Å². The van der Waals surface area contributed by atoms with Crippen molar-refractivity contribution in [3.05, 3.63) is 59.2 Å². The Morgan fingerprint density at radius 1 is 0.781 bits per heavy atom. The molecular weight excluding hydrogens is 410 g/mol. The number of anilines is 2. The number of hydrogen-bond donors (Lipinski definition) is 0. The fourth-order valence-electron chi connectivity index (χ4n) is 4.99. The minimum absolute atomic E-state index is 0.0182. The molecule has 2 aromatic rings. The smallest absolute Gasteiger partial charge is 0.227 e. The SMILES string of the molecule is CC1CCc2cc(F)ccc2N1C(=O)CCCCC(=O)N1c2ccc(F)cc2CCC1C. The van der Waals surface area contributed by atoms with E-state index in [4.69, 9.17) is 0 Å². The lowest BCUT2D eigenvalue weighted by Gasteiger charge is -2.36. The van der Waals surface area contributed by atoms with Crippen molar-refractivity contribution in [3.8, 4) is 0 Å². The van der Waals surface area contributed by atoms with Gasteiger partial charge < -0.3 is 9.80 Å². The highest BCUT2D eigenvalue weighted by Gasteiger charge is 2.30. The van der Waals surface area contributed by atoms with Gasteiger partial charge in [-0.3, -0.25) is 9.59 Å². The van der Waals surface area contributed by atoms with E-state index >= 15 is 0 Å². The molecule has 2 aromatic carbocycles. The van der Waals surface area contributed by atoms with E-state index in [0.717, 1.165) is 48.2 Å². The second-order valence-corrected chi connectivity index (χ2v) is 9.06. The first kappa shape index (κ1) is 22.4. The molecule has 0 fully saturated rings. The molecule has 0 radical (unpaired) electrons. The van der Waals surface area contributed by atoms with Gasteiger partial charge in [0.05, 0.1) is 0 Å². The predicted molar refractivity (Wildman–Crippen MR) is 122 cm³/mol. The largest absolute Gasteiger partial charge is 0.309 e. The lowest BCUT2D eigenvalue weighted by molar-refractivity contribution is -0.121. The third-order valence-corrected chi connectivity index (χ3v) is 6.72. The van der Waals surface area contributed by atoms with Gasteiger partial charge in [0, 0.05) is 36.3 Å². The summed E-state index contributed by atoms with van der Waals surface area (Å²) in [4.78, 5) is 29.5.